The maximum Gasteiger partial charge on any atom is 0.276 e. The minimum Gasteiger partial charge on any atom is -0.464 e. The Morgan fingerprint density at radius 2 is 2.35 bits per heavy atom. The van der Waals surface area contributed by atoms with Crippen LogP contribution in [0.5, 0.6) is 0 Å². The van der Waals surface area contributed by atoms with Crippen LogP contribution in [0.15, 0.2) is 22.7 Å². The predicted octanol–water partition coefficient (Wildman–Crippen LogP) is 2.32. The molecule has 1 aliphatic rings. The molecule has 1 fully saturated rings. The van der Waals surface area contributed by atoms with Crippen molar-refractivity contribution in [3.8, 4) is 0 Å². The molecule has 0 radical (unpaired) electrons. The number of hydrogen-bond donors (Lipinski definition) is 1. The Balaban J connectivity index is 1.89. The van der Waals surface area contributed by atoms with Crippen molar-refractivity contribution < 1.29 is 9.21 Å². The number of piperidine rings is 1. The summed E-state index contributed by atoms with van der Waals surface area (Å²) in [5.41, 5.74) is 0.354. The van der Waals surface area contributed by atoms with E-state index in [1.807, 2.05) is 24.0 Å². The van der Waals surface area contributed by atoms with E-state index < -0.39 is 0 Å². The van der Waals surface area contributed by atoms with Gasteiger partial charge in [0.15, 0.2) is 5.69 Å². The summed E-state index contributed by atoms with van der Waals surface area (Å²) in [5, 5.41) is 10.1. The third kappa shape index (κ3) is 2.33. The number of aromatic nitrogens is 3. The Morgan fingerprint density at radius 3 is 3.00 bits per heavy atom. The Labute approximate surface area is 117 Å². The van der Waals surface area contributed by atoms with Gasteiger partial charge in [0.05, 0.1) is 12.2 Å². The molecule has 0 unspecified atom stereocenters. The normalized spacial score (nSPS) is 23.0. The van der Waals surface area contributed by atoms with Gasteiger partial charge >= 0.3 is 0 Å². The highest BCUT2D eigenvalue weighted by Gasteiger charge is 2.34. The number of aryl methyl sites for hydroxylation is 1. The molecule has 20 heavy (non-hydrogen) atoms. The molecule has 3 rings (SSSR count). The highest BCUT2D eigenvalue weighted by molar-refractivity contribution is 5.92. The van der Waals surface area contributed by atoms with Crippen molar-refractivity contribution in [1.82, 2.24) is 20.3 Å². The van der Waals surface area contributed by atoms with Crippen LogP contribution in [0.2, 0.25) is 0 Å². The molecule has 1 N–H and O–H groups in total. The number of furan rings is 1. The van der Waals surface area contributed by atoms with Crippen LogP contribution in [-0.4, -0.2) is 32.8 Å². The fraction of sp³-hybridized carbons (Fsp3) is 0.500. The number of carbonyl (C=O) groups is 1. The molecule has 1 saturated heterocycles. The fourth-order valence-corrected chi connectivity index (χ4v) is 2.74. The molecule has 6 nitrogen and oxygen atoms in total. The maximum atomic E-state index is 12.5. The Kier molecular flexibility index (Phi) is 3.30. The van der Waals surface area contributed by atoms with Gasteiger partial charge in [-0.25, -0.2) is 0 Å². The van der Waals surface area contributed by atoms with Gasteiger partial charge in [-0.05, 0) is 37.8 Å². The summed E-state index contributed by atoms with van der Waals surface area (Å²) >= 11 is 0. The van der Waals surface area contributed by atoms with Crippen LogP contribution < -0.4 is 0 Å². The molecule has 6 heteroatoms. The van der Waals surface area contributed by atoms with Gasteiger partial charge in [0.1, 0.15) is 11.5 Å². The third-order valence-electron chi connectivity index (χ3n) is 3.85. The first-order valence-electron chi connectivity index (χ1n) is 6.88. The average molecular weight is 274 g/mol. The first-order valence-corrected chi connectivity index (χ1v) is 6.88. The number of nitrogens with one attached hydrogen (secondary N) is 1. The molecular weight excluding hydrogens is 256 g/mol. The standard InChI is InChI=1S/C14H18N4O2/c1-9-5-6-18(14(19)11-8-15-17-16-11)12(7-9)13-4-3-10(2)20-13/h3-4,8-9,12H,5-7H2,1-2H3,(H,15,16,17)/t9-,12+/m0/s1. The summed E-state index contributed by atoms with van der Waals surface area (Å²) in [6, 6.07) is 3.88. The average Bonchev–Trinajstić information content (AvgIpc) is 3.09. The van der Waals surface area contributed by atoms with Crippen LogP contribution in [0.1, 0.15) is 47.8 Å². The largest absolute Gasteiger partial charge is 0.464 e. The molecule has 106 valence electrons. The lowest BCUT2D eigenvalue weighted by atomic mass is 9.91. The number of rotatable bonds is 2. The number of amides is 1. The van der Waals surface area contributed by atoms with Crippen LogP contribution >= 0.6 is 0 Å². The summed E-state index contributed by atoms with van der Waals surface area (Å²) < 4.78 is 5.73. The zero-order chi connectivity index (χ0) is 14.1. The predicted molar refractivity (Wildman–Crippen MR) is 72.0 cm³/mol. The van der Waals surface area contributed by atoms with E-state index in [9.17, 15) is 4.79 Å². The second kappa shape index (κ2) is 5.11. The Hall–Kier alpha value is -2.11. The second-order valence-corrected chi connectivity index (χ2v) is 5.45. The number of hydrogen-bond acceptors (Lipinski definition) is 4. The van der Waals surface area contributed by atoms with Crippen LogP contribution in [0, 0.1) is 12.8 Å². The summed E-state index contributed by atoms with van der Waals surface area (Å²) in [5.74, 6) is 2.20. The minimum atomic E-state index is -0.0929. The fourth-order valence-electron chi connectivity index (χ4n) is 2.74. The van der Waals surface area contributed by atoms with E-state index in [0.29, 0.717) is 11.6 Å². The maximum absolute atomic E-state index is 12.5. The molecule has 0 bridgehead atoms. The molecule has 2 aromatic rings. The van der Waals surface area contributed by atoms with Gasteiger partial charge in [0.2, 0.25) is 0 Å². The minimum absolute atomic E-state index is 0.0170. The number of carbonyl (C=O) groups excluding carboxylic acids is 1. The van der Waals surface area contributed by atoms with Crippen molar-refractivity contribution in [1.29, 1.82) is 0 Å². The molecule has 2 atom stereocenters. The van der Waals surface area contributed by atoms with Crippen LogP contribution in [0.4, 0.5) is 0 Å². The summed E-state index contributed by atoms with van der Waals surface area (Å²) in [6.07, 6.45) is 3.38. The topological polar surface area (TPSA) is 75.0 Å². The molecular formula is C14H18N4O2. The SMILES string of the molecule is Cc1ccc([C@H]2C[C@@H](C)CCN2C(=O)c2cn[nH]n2)o1. The summed E-state index contributed by atoms with van der Waals surface area (Å²) in [6.45, 7) is 4.84. The van der Waals surface area contributed by atoms with E-state index in [1.165, 1.54) is 6.20 Å². The van der Waals surface area contributed by atoms with Gasteiger partial charge < -0.3 is 9.32 Å². The van der Waals surface area contributed by atoms with Gasteiger partial charge in [-0.3, -0.25) is 4.79 Å². The van der Waals surface area contributed by atoms with E-state index in [1.54, 1.807) is 0 Å². The molecule has 1 aliphatic heterocycles. The van der Waals surface area contributed by atoms with Crippen molar-refractivity contribution in [3.05, 3.63) is 35.5 Å². The van der Waals surface area contributed by atoms with Crippen LogP contribution in [0.25, 0.3) is 0 Å². The molecule has 0 saturated carbocycles. The lowest BCUT2D eigenvalue weighted by Gasteiger charge is -2.37. The first-order chi connectivity index (χ1) is 9.65. The molecule has 2 aromatic heterocycles. The summed E-state index contributed by atoms with van der Waals surface area (Å²) in [7, 11) is 0. The number of aromatic amines is 1. The molecule has 3 heterocycles. The highest BCUT2D eigenvalue weighted by atomic mass is 16.3. The number of likely N-dealkylation sites (tertiary alicyclic amines) is 1. The van der Waals surface area contributed by atoms with E-state index >= 15 is 0 Å². The van der Waals surface area contributed by atoms with Crippen molar-refractivity contribution in [3.63, 3.8) is 0 Å². The molecule has 1 amide bonds. The lowest BCUT2D eigenvalue weighted by molar-refractivity contribution is 0.0513. The van der Waals surface area contributed by atoms with Crippen molar-refractivity contribution >= 4 is 5.91 Å². The Bertz CT molecular complexity index is 590. The molecule has 0 aliphatic carbocycles. The van der Waals surface area contributed by atoms with Gasteiger partial charge in [0.25, 0.3) is 5.91 Å². The van der Waals surface area contributed by atoms with Crippen molar-refractivity contribution in [2.45, 2.75) is 32.7 Å². The highest BCUT2D eigenvalue weighted by Crippen LogP contribution is 2.35. The van der Waals surface area contributed by atoms with Gasteiger partial charge in [0, 0.05) is 6.54 Å². The first kappa shape index (κ1) is 12.9. The van der Waals surface area contributed by atoms with E-state index in [4.69, 9.17) is 4.42 Å². The zero-order valence-electron chi connectivity index (χ0n) is 11.7. The molecule has 0 spiro atoms. The van der Waals surface area contributed by atoms with E-state index in [2.05, 4.69) is 22.3 Å². The quantitative estimate of drug-likeness (QED) is 0.912. The molecule has 0 aromatic carbocycles. The van der Waals surface area contributed by atoms with E-state index in [-0.39, 0.29) is 11.9 Å². The van der Waals surface area contributed by atoms with Gasteiger partial charge in [-0.1, -0.05) is 6.92 Å². The van der Waals surface area contributed by atoms with E-state index in [0.717, 1.165) is 30.9 Å². The van der Waals surface area contributed by atoms with Crippen LogP contribution in [-0.2, 0) is 0 Å². The second-order valence-electron chi connectivity index (χ2n) is 5.45. The monoisotopic (exact) mass is 274 g/mol. The lowest BCUT2D eigenvalue weighted by Crippen LogP contribution is -2.40. The van der Waals surface area contributed by atoms with Gasteiger partial charge in [-0.2, -0.15) is 15.4 Å². The zero-order valence-corrected chi connectivity index (χ0v) is 11.7. The van der Waals surface area contributed by atoms with Crippen LogP contribution in [0.3, 0.4) is 0 Å². The van der Waals surface area contributed by atoms with Gasteiger partial charge in [-0.15, -0.1) is 0 Å². The van der Waals surface area contributed by atoms with Crippen molar-refractivity contribution in [2.75, 3.05) is 6.54 Å². The third-order valence-corrected chi connectivity index (χ3v) is 3.85. The number of nitrogens with zero attached hydrogens (tertiary/aromatic N) is 3. The number of H-pyrrole nitrogens is 1. The summed E-state index contributed by atoms with van der Waals surface area (Å²) in [4.78, 5) is 14.4. The van der Waals surface area contributed by atoms with Crippen molar-refractivity contribution in [2.24, 2.45) is 5.92 Å². The Morgan fingerprint density at radius 1 is 1.50 bits per heavy atom. The smallest absolute Gasteiger partial charge is 0.276 e.